The van der Waals surface area contributed by atoms with Crippen molar-refractivity contribution in [2.24, 2.45) is 7.05 Å². The van der Waals surface area contributed by atoms with Crippen LogP contribution < -0.4 is 0 Å². The van der Waals surface area contributed by atoms with Crippen LogP contribution in [-0.4, -0.2) is 32.9 Å². The first-order valence-electron chi connectivity index (χ1n) is 5.77. The van der Waals surface area contributed by atoms with Crippen molar-refractivity contribution in [1.29, 1.82) is 0 Å². The zero-order valence-electron chi connectivity index (χ0n) is 11.2. The number of hydrogen-bond donors (Lipinski definition) is 0. The molecule has 0 radical (unpaired) electrons. The van der Waals surface area contributed by atoms with E-state index in [9.17, 15) is 4.79 Å². The summed E-state index contributed by atoms with van der Waals surface area (Å²) >= 11 is 0. The van der Waals surface area contributed by atoms with Crippen molar-refractivity contribution in [3.8, 4) is 0 Å². The molecule has 1 amide bonds. The molecule has 1 aromatic heterocycles. The molecule has 0 saturated heterocycles. The fourth-order valence-corrected chi connectivity index (χ4v) is 1.41. The largest absolute Gasteiger partial charge is 0.444 e. The van der Waals surface area contributed by atoms with E-state index in [0.29, 0.717) is 13.1 Å². The van der Waals surface area contributed by atoms with Gasteiger partial charge in [-0.15, -0.1) is 0 Å². The fraction of sp³-hybridized carbons (Fsp3) is 0.667. The lowest BCUT2D eigenvalue weighted by Crippen LogP contribution is -2.36. The van der Waals surface area contributed by atoms with Crippen molar-refractivity contribution >= 4 is 6.09 Å². The summed E-state index contributed by atoms with van der Waals surface area (Å²) in [5, 5.41) is 4.08. The Labute approximate surface area is 102 Å². The molecule has 0 aliphatic heterocycles. The zero-order valence-corrected chi connectivity index (χ0v) is 11.2. The Hall–Kier alpha value is -1.52. The molecule has 0 unspecified atom stereocenters. The van der Waals surface area contributed by atoms with Gasteiger partial charge in [-0.1, -0.05) is 0 Å². The molecule has 1 heterocycles. The molecule has 0 aromatic carbocycles. The number of ether oxygens (including phenoxy) is 1. The monoisotopic (exact) mass is 239 g/mol. The van der Waals surface area contributed by atoms with Crippen molar-refractivity contribution in [3.63, 3.8) is 0 Å². The molecule has 5 nitrogen and oxygen atoms in total. The fourth-order valence-electron chi connectivity index (χ4n) is 1.41. The molecule has 0 N–H and O–H groups in total. The lowest BCUT2D eigenvalue weighted by atomic mass is 10.2. The van der Waals surface area contributed by atoms with E-state index in [4.69, 9.17) is 4.74 Å². The highest BCUT2D eigenvalue weighted by Crippen LogP contribution is 2.12. The van der Waals surface area contributed by atoms with E-state index < -0.39 is 5.60 Å². The van der Waals surface area contributed by atoms with Gasteiger partial charge in [0.1, 0.15) is 5.60 Å². The molecule has 0 atom stereocenters. The molecule has 1 aromatic rings. The Bertz CT molecular complexity index is 379. The van der Waals surface area contributed by atoms with Gasteiger partial charge in [0.25, 0.3) is 0 Å². The number of rotatable bonds is 3. The van der Waals surface area contributed by atoms with Crippen LogP contribution >= 0.6 is 0 Å². The van der Waals surface area contributed by atoms with Gasteiger partial charge in [-0.25, -0.2) is 4.79 Å². The Balaban J connectivity index is 2.62. The van der Waals surface area contributed by atoms with Gasteiger partial charge in [0.15, 0.2) is 0 Å². The number of amides is 1. The SMILES string of the molecule is CCN(Cc1cnn(C)c1)C(=O)OC(C)(C)C. The summed E-state index contributed by atoms with van der Waals surface area (Å²) in [5.74, 6) is 0. The summed E-state index contributed by atoms with van der Waals surface area (Å²) in [7, 11) is 1.85. The van der Waals surface area contributed by atoms with Gasteiger partial charge in [-0.05, 0) is 27.7 Å². The van der Waals surface area contributed by atoms with E-state index in [1.54, 1.807) is 15.8 Å². The van der Waals surface area contributed by atoms with Crippen molar-refractivity contribution in [2.45, 2.75) is 39.8 Å². The quantitative estimate of drug-likeness (QED) is 0.812. The first-order chi connectivity index (χ1) is 7.81. The minimum Gasteiger partial charge on any atom is -0.444 e. The molecule has 0 aliphatic carbocycles. The molecule has 5 heteroatoms. The average Bonchev–Trinajstić information content (AvgIpc) is 2.57. The van der Waals surface area contributed by atoms with Crippen LogP contribution in [0.2, 0.25) is 0 Å². The van der Waals surface area contributed by atoms with Gasteiger partial charge in [0.05, 0.1) is 12.7 Å². The predicted octanol–water partition coefficient (Wildman–Crippen LogP) is 2.18. The molecule has 96 valence electrons. The highest BCUT2D eigenvalue weighted by molar-refractivity contribution is 5.68. The second kappa shape index (κ2) is 5.21. The number of aryl methyl sites for hydroxylation is 1. The van der Waals surface area contributed by atoms with E-state index in [0.717, 1.165) is 5.56 Å². The number of aromatic nitrogens is 2. The van der Waals surface area contributed by atoms with E-state index in [-0.39, 0.29) is 6.09 Å². The van der Waals surface area contributed by atoms with E-state index in [2.05, 4.69) is 5.10 Å². The molecular formula is C12H21N3O2. The van der Waals surface area contributed by atoms with Crippen LogP contribution in [0.3, 0.4) is 0 Å². The maximum atomic E-state index is 11.9. The Morgan fingerprint density at radius 3 is 2.59 bits per heavy atom. The third kappa shape index (κ3) is 4.46. The summed E-state index contributed by atoms with van der Waals surface area (Å²) < 4.78 is 7.05. The lowest BCUT2D eigenvalue weighted by Gasteiger charge is -2.26. The van der Waals surface area contributed by atoms with Crippen molar-refractivity contribution in [2.75, 3.05) is 6.54 Å². The lowest BCUT2D eigenvalue weighted by molar-refractivity contribution is 0.0244. The standard InChI is InChI=1S/C12H21N3O2/c1-6-15(11(16)17-12(2,3)4)9-10-7-13-14(5)8-10/h7-8H,6,9H2,1-5H3. The Kier molecular flexibility index (Phi) is 4.15. The van der Waals surface area contributed by atoms with Crippen LogP contribution in [0, 0.1) is 0 Å². The highest BCUT2D eigenvalue weighted by Gasteiger charge is 2.21. The van der Waals surface area contributed by atoms with Crippen LogP contribution in [0.4, 0.5) is 4.79 Å². The van der Waals surface area contributed by atoms with Gasteiger partial charge in [-0.3, -0.25) is 4.68 Å². The molecule has 0 saturated carbocycles. The van der Waals surface area contributed by atoms with Crippen molar-refractivity contribution in [1.82, 2.24) is 14.7 Å². The first-order valence-corrected chi connectivity index (χ1v) is 5.77. The van der Waals surface area contributed by atoms with Crippen molar-refractivity contribution < 1.29 is 9.53 Å². The Morgan fingerprint density at radius 1 is 1.53 bits per heavy atom. The minimum absolute atomic E-state index is 0.288. The number of nitrogens with zero attached hydrogens (tertiary/aromatic N) is 3. The molecule has 0 fully saturated rings. The molecule has 17 heavy (non-hydrogen) atoms. The second-order valence-electron chi connectivity index (χ2n) is 5.02. The second-order valence-corrected chi connectivity index (χ2v) is 5.02. The molecule has 0 bridgehead atoms. The summed E-state index contributed by atoms with van der Waals surface area (Å²) in [6, 6.07) is 0. The summed E-state index contributed by atoms with van der Waals surface area (Å²) in [6.07, 6.45) is 3.36. The van der Waals surface area contributed by atoms with Crippen LogP contribution in [-0.2, 0) is 18.3 Å². The molecule has 1 rings (SSSR count). The van der Waals surface area contributed by atoms with Crippen LogP contribution in [0.5, 0.6) is 0 Å². The predicted molar refractivity (Wildman–Crippen MR) is 65.5 cm³/mol. The van der Waals surface area contributed by atoms with E-state index >= 15 is 0 Å². The zero-order chi connectivity index (χ0) is 13.1. The summed E-state index contributed by atoms with van der Waals surface area (Å²) in [5.41, 5.74) is 0.541. The van der Waals surface area contributed by atoms with Gasteiger partial charge in [-0.2, -0.15) is 5.10 Å². The Morgan fingerprint density at radius 2 is 2.18 bits per heavy atom. The smallest absolute Gasteiger partial charge is 0.410 e. The third-order valence-corrected chi connectivity index (χ3v) is 2.17. The molecular weight excluding hydrogens is 218 g/mol. The summed E-state index contributed by atoms with van der Waals surface area (Å²) in [6.45, 7) is 8.66. The van der Waals surface area contributed by atoms with Crippen LogP contribution in [0.15, 0.2) is 12.4 Å². The van der Waals surface area contributed by atoms with Crippen molar-refractivity contribution in [3.05, 3.63) is 18.0 Å². The third-order valence-electron chi connectivity index (χ3n) is 2.17. The number of carbonyl (C=O) groups is 1. The molecule has 0 spiro atoms. The van der Waals surface area contributed by atoms with Gasteiger partial charge >= 0.3 is 6.09 Å². The van der Waals surface area contributed by atoms with Gasteiger partial charge in [0.2, 0.25) is 0 Å². The average molecular weight is 239 g/mol. The van der Waals surface area contributed by atoms with E-state index in [1.807, 2.05) is 40.9 Å². The van der Waals surface area contributed by atoms with Crippen LogP contribution in [0.25, 0.3) is 0 Å². The maximum absolute atomic E-state index is 11.9. The van der Waals surface area contributed by atoms with Gasteiger partial charge < -0.3 is 9.64 Å². The normalized spacial score (nSPS) is 11.4. The number of carbonyl (C=O) groups excluding carboxylic acids is 1. The van der Waals surface area contributed by atoms with Crippen LogP contribution in [0.1, 0.15) is 33.3 Å². The highest BCUT2D eigenvalue weighted by atomic mass is 16.6. The van der Waals surface area contributed by atoms with Gasteiger partial charge in [0, 0.05) is 25.4 Å². The minimum atomic E-state index is -0.459. The number of hydrogen-bond acceptors (Lipinski definition) is 3. The first kappa shape index (κ1) is 13.5. The maximum Gasteiger partial charge on any atom is 0.410 e. The summed E-state index contributed by atoms with van der Waals surface area (Å²) in [4.78, 5) is 13.5. The molecule has 0 aliphatic rings. The van der Waals surface area contributed by atoms with E-state index in [1.165, 1.54) is 0 Å². The topological polar surface area (TPSA) is 47.4 Å².